The van der Waals surface area contributed by atoms with Crippen molar-refractivity contribution >= 4 is 40.9 Å². The van der Waals surface area contributed by atoms with E-state index < -0.39 is 12.0 Å². The third-order valence-corrected chi connectivity index (χ3v) is 6.57. The molecule has 6 nitrogen and oxygen atoms in total. The summed E-state index contributed by atoms with van der Waals surface area (Å²) in [5.74, 6) is 0.274. The summed E-state index contributed by atoms with van der Waals surface area (Å²) in [5.41, 5.74) is 0. The van der Waals surface area contributed by atoms with Crippen molar-refractivity contribution in [1.29, 1.82) is 0 Å². The zero-order chi connectivity index (χ0) is 17.1. The van der Waals surface area contributed by atoms with Crippen molar-refractivity contribution in [2.75, 3.05) is 11.6 Å². The number of thioether (sulfide) groups is 1. The molecule has 1 aliphatic carbocycles. The summed E-state index contributed by atoms with van der Waals surface area (Å²) in [6, 6.07) is 2.83. The lowest BCUT2D eigenvalue weighted by Crippen LogP contribution is -2.48. The Morgan fingerprint density at radius 3 is 2.67 bits per heavy atom. The third-order valence-electron chi connectivity index (χ3n) is 4.48. The molecule has 0 radical (unpaired) electrons. The molecule has 1 saturated heterocycles. The highest BCUT2D eigenvalue weighted by Gasteiger charge is 2.38. The van der Waals surface area contributed by atoms with Gasteiger partial charge in [-0.2, -0.15) is 0 Å². The Bertz CT molecular complexity index is 640. The molecule has 24 heavy (non-hydrogen) atoms. The van der Waals surface area contributed by atoms with Gasteiger partial charge < -0.3 is 15.3 Å². The molecule has 1 saturated carbocycles. The second-order valence-corrected chi connectivity index (χ2v) is 8.26. The van der Waals surface area contributed by atoms with Gasteiger partial charge in [0.25, 0.3) is 0 Å². The predicted octanol–water partition coefficient (Wildman–Crippen LogP) is 2.15. The van der Waals surface area contributed by atoms with Crippen molar-refractivity contribution in [3.63, 3.8) is 0 Å². The van der Waals surface area contributed by atoms with E-state index in [2.05, 4.69) is 5.32 Å². The van der Waals surface area contributed by atoms with Crippen LogP contribution in [0.1, 0.15) is 40.2 Å². The predicted molar refractivity (Wildman–Crippen MR) is 93.0 cm³/mol. The molecule has 1 aromatic heterocycles. The van der Waals surface area contributed by atoms with Gasteiger partial charge in [-0.05, 0) is 25.0 Å². The largest absolute Gasteiger partial charge is 0.477 e. The van der Waals surface area contributed by atoms with Crippen LogP contribution >= 0.6 is 23.1 Å². The molecular weight excluding hydrogens is 348 g/mol. The van der Waals surface area contributed by atoms with Crippen LogP contribution in [0.5, 0.6) is 0 Å². The number of carboxylic acids is 1. The third kappa shape index (κ3) is 3.75. The summed E-state index contributed by atoms with van der Waals surface area (Å²) in [5, 5.41) is 11.8. The van der Waals surface area contributed by atoms with E-state index in [0.29, 0.717) is 18.2 Å². The fourth-order valence-electron chi connectivity index (χ4n) is 3.16. The minimum atomic E-state index is -0.960. The maximum atomic E-state index is 12.6. The van der Waals surface area contributed by atoms with Crippen molar-refractivity contribution in [3.8, 4) is 0 Å². The van der Waals surface area contributed by atoms with E-state index in [-0.39, 0.29) is 22.6 Å². The van der Waals surface area contributed by atoms with Gasteiger partial charge in [0.15, 0.2) is 0 Å². The zero-order valence-electron chi connectivity index (χ0n) is 13.2. The normalized spacial score (nSPS) is 21.2. The standard InChI is InChI=1S/C16H20N2O4S2/c19-14(17-7-11-5-6-13(24-11)16(21)22)12-8-23-9-18(12)15(20)10-3-1-2-4-10/h5-6,10,12H,1-4,7-9H2,(H,17,19)(H,21,22). The summed E-state index contributed by atoms with van der Waals surface area (Å²) in [6.45, 7) is 0.295. The first-order valence-electron chi connectivity index (χ1n) is 8.04. The molecular formula is C16H20N2O4S2. The molecule has 1 atom stereocenters. The van der Waals surface area contributed by atoms with Gasteiger partial charge >= 0.3 is 5.97 Å². The van der Waals surface area contributed by atoms with E-state index in [1.54, 1.807) is 22.7 Å². The Labute approximate surface area is 148 Å². The summed E-state index contributed by atoms with van der Waals surface area (Å²) in [4.78, 5) is 38.7. The fraction of sp³-hybridized carbons (Fsp3) is 0.562. The molecule has 1 aromatic rings. The van der Waals surface area contributed by atoms with Gasteiger partial charge in [0, 0.05) is 16.5 Å². The van der Waals surface area contributed by atoms with Crippen LogP contribution in [0, 0.1) is 5.92 Å². The minimum absolute atomic E-state index is 0.0782. The Morgan fingerprint density at radius 1 is 1.25 bits per heavy atom. The first-order valence-corrected chi connectivity index (χ1v) is 10.0. The zero-order valence-corrected chi connectivity index (χ0v) is 14.8. The van der Waals surface area contributed by atoms with Crippen LogP contribution in [0.4, 0.5) is 0 Å². The van der Waals surface area contributed by atoms with E-state index in [9.17, 15) is 14.4 Å². The van der Waals surface area contributed by atoms with Crippen LogP contribution in [-0.4, -0.2) is 45.5 Å². The Hall–Kier alpha value is -1.54. The molecule has 130 valence electrons. The fourth-order valence-corrected chi connectivity index (χ4v) is 5.11. The highest BCUT2D eigenvalue weighted by Crippen LogP contribution is 2.30. The number of thiophene rings is 1. The van der Waals surface area contributed by atoms with Crippen molar-refractivity contribution in [2.24, 2.45) is 5.92 Å². The summed E-state index contributed by atoms with van der Waals surface area (Å²) < 4.78 is 0. The lowest BCUT2D eigenvalue weighted by Gasteiger charge is -2.25. The maximum Gasteiger partial charge on any atom is 0.345 e. The molecule has 2 aliphatic rings. The monoisotopic (exact) mass is 368 g/mol. The van der Waals surface area contributed by atoms with Gasteiger partial charge in [0.05, 0.1) is 12.4 Å². The quantitative estimate of drug-likeness (QED) is 0.832. The van der Waals surface area contributed by atoms with Crippen molar-refractivity contribution in [2.45, 2.75) is 38.3 Å². The lowest BCUT2D eigenvalue weighted by atomic mass is 10.1. The molecule has 0 bridgehead atoms. The number of hydrogen-bond donors (Lipinski definition) is 2. The van der Waals surface area contributed by atoms with Crippen LogP contribution < -0.4 is 5.32 Å². The molecule has 2 N–H and O–H groups in total. The average Bonchev–Trinajstić information content (AvgIpc) is 3.33. The molecule has 0 spiro atoms. The lowest BCUT2D eigenvalue weighted by molar-refractivity contribution is -0.141. The van der Waals surface area contributed by atoms with Gasteiger partial charge in [0.1, 0.15) is 10.9 Å². The minimum Gasteiger partial charge on any atom is -0.477 e. The molecule has 2 amide bonds. The summed E-state index contributed by atoms with van der Waals surface area (Å²) in [7, 11) is 0. The number of rotatable bonds is 5. The number of carbonyl (C=O) groups excluding carboxylic acids is 2. The van der Waals surface area contributed by atoms with E-state index in [0.717, 1.165) is 41.9 Å². The van der Waals surface area contributed by atoms with Gasteiger partial charge in [-0.3, -0.25) is 9.59 Å². The number of nitrogens with one attached hydrogen (secondary N) is 1. The highest BCUT2D eigenvalue weighted by atomic mass is 32.2. The molecule has 8 heteroatoms. The van der Waals surface area contributed by atoms with Gasteiger partial charge in [-0.15, -0.1) is 23.1 Å². The maximum absolute atomic E-state index is 12.6. The van der Waals surface area contributed by atoms with Crippen molar-refractivity contribution in [1.82, 2.24) is 10.2 Å². The Kier molecular flexibility index (Phi) is 5.45. The number of amides is 2. The molecule has 1 aliphatic heterocycles. The van der Waals surface area contributed by atoms with Gasteiger partial charge in [-0.25, -0.2) is 4.79 Å². The highest BCUT2D eigenvalue weighted by molar-refractivity contribution is 7.99. The molecule has 2 fully saturated rings. The number of hydrogen-bond acceptors (Lipinski definition) is 5. The van der Waals surface area contributed by atoms with Gasteiger partial charge in [0.2, 0.25) is 11.8 Å². The van der Waals surface area contributed by atoms with Crippen LogP contribution in [0.25, 0.3) is 0 Å². The second kappa shape index (κ2) is 7.57. The SMILES string of the molecule is O=C(O)c1ccc(CNC(=O)C2CSCN2C(=O)C2CCCC2)s1. The topological polar surface area (TPSA) is 86.7 Å². The van der Waals surface area contributed by atoms with E-state index in [1.807, 2.05) is 0 Å². The Morgan fingerprint density at radius 2 is 2.00 bits per heavy atom. The van der Waals surface area contributed by atoms with Gasteiger partial charge in [-0.1, -0.05) is 12.8 Å². The first kappa shape index (κ1) is 17.3. The summed E-state index contributed by atoms with van der Waals surface area (Å²) >= 11 is 2.76. The van der Waals surface area contributed by atoms with E-state index in [1.165, 1.54) is 6.07 Å². The number of carboxylic acid groups (broad SMARTS) is 1. The van der Waals surface area contributed by atoms with Crippen molar-refractivity contribution in [3.05, 3.63) is 21.9 Å². The van der Waals surface area contributed by atoms with Crippen molar-refractivity contribution < 1.29 is 19.5 Å². The van der Waals surface area contributed by atoms with E-state index >= 15 is 0 Å². The molecule has 2 heterocycles. The molecule has 1 unspecified atom stereocenters. The number of aromatic carboxylic acids is 1. The number of carbonyl (C=O) groups is 3. The molecule has 3 rings (SSSR count). The molecule has 0 aromatic carbocycles. The summed E-state index contributed by atoms with van der Waals surface area (Å²) in [6.07, 6.45) is 4.06. The van der Waals surface area contributed by atoms with Crippen LogP contribution in [0.15, 0.2) is 12.1 Å². The van der Waals surface area contributed by atoms with Crippen LogP contribution in [-0.2, 0) is 16.1 Å². The van der Waals surface area contributed by atoms with Crippen LogP contribution in [0.3, 0.4) is 0 Å². The van der Waals surface area contributed by atoms with Crippen LogP contribution in [0.2, 0.25) is 0 Å². The first-order chi connectivity index (χ1) is 11.6. The van der Waals surface area contributed by atoms with E-state index in [4.69, 9.17) is 5.11 Å². The number of nitrogens with zero attached hydrogens (tertiary/aromatic N) is 1. The smallest absolute Gasteiger partial charge is 0.345 e. The second-order valence-electron chi connectivity index (χ2n) is 6.09. The Balaban J connectivity index is 1.56. The average molecular weight is 368 g/mol.